The van der Waals surface area contributed by atoms with E-state index in [0.717, 1.165) is 18.7 Å². The predicted molar refractivity (Wildman–Crippen MR) is 99.5 cm³/mol. The minimum absolute atomic E-state index is 0.0734. The highest BCUT2D eigenvalue weighted by Crippen LogP contribution is 2.41. The van der Waals surface area contributed by atoms with Crippen molar-refractivity contribution in [2.75, 3.05) is 26.2 Å². The minimum atomic E-state index is -5.08. The van der Waals surface area contributed by atoms with Crippen LogP contribution < -0.4 is 5.32 Å². The number of rotatable bonds is 3. The summed E-state index contributed by atoms with van der Waals surface area (Å²) in [5.41, 5.74) is -0.431. The smallest absolute Gasteiger partial charge is 0.475 e. The summed E-state index contributed by atoms with van der Waals surface area (Å²) in [4.78, 5) is 25.2. The first-order valence-corrected chi connectivity index (χ1v) is 9.67. The summed E-state index contributed by atoms with van der Waals surface area (Å²) in [6.45, 7) is 7.12. The monoisotopic (exact) mass is 437 g/mol. The molecule has 2 aliphatic heterocycles. The highest BCUT2D eigenvalue weighted by molar-refractivity contribution is 5.74. The first-order valence-electron chi connectivity index (χ1n) is 9.67. The molecular formula is C19H27F4N3O4. The van der Waals surface area contributed by atoms with Crippen molar-refractivity contribution in [3.8, 4) is 0 Å². The molecule has 2 aliphatic rings. The molecule has 0 aliphatic carbocycles. The molecule has 3 rings (SSSR count). The lowest BCUT2D eigenvalue weighted by atomic mass is 9.77. The molecule has 2 amide bonds. The molecule has 2 atom stereocenters. The number of urea groups is 1. The van der Waals surface area contributed by atoms with Crippen LogP contribution in [0.4, 0.5) is 22.4 Å². The molecule has 2 fully saturated rings. The maximum atomic E-state index is 14.7. The normalized spacial score (nSPS) is 24.6. The zero-order chi connectivity index (χ0) is 22.5. The van der Waals surface area contributed by atoms with E-state index in [-0.39, 0.29) is 12.1 Å². The fourth-order valence-corrected chi connectivity index (χ4v) is 3.77. The van der Waals surface area contributed by atoms with Gasteiger partial charge in [0.1, 0.15) is 11.9 Å². The number of nitrogens with one attached hydrogen (secondary N) is 1. The molecule has 1 spiro atoms. The Hall–Kier alpha value is -2.30. The van der Waals surface area contributed by atoms with Crippen molar-refractivity contribution in [2.24, 2.45) is 5.41 Å². The molecule has 0 aromatic carbocycles. The maximum Gasteiger partial charge on any atom is 0.490 e. The molecule has 2 N–H and O–H groups in total. The molecule has 3 heterocycles. The lowest BCUT2D eigenvalue weighted by molar-refractivity contribution is -0.192. The lowest BCUT2D eigenvalue weighted by Gasteiger charge is -2.43. The summed E-state index contributed by atoms with van der Waals surface area (Å²) in [7, 11) is 0. The molecule has 2 unspecified atom stereocenters. The Morgan fingerprint density at radius 1 is 1.33 bits per heavy atom. The summed E-state index contributed by atoms with van der Waals surface area (Å²) in [6.07, 6.45) is -3.04. The number of aliphatic carboxylic acids is 1. The first-order chi connectivity index (χ1) is 13.9. The van der Waals surface area contributed by atoms with Gasteiger partial charge >= 0.3 is 18.2 Å². The summed E-state index contributed by atoms with van der Waals surface area (Å²) in [5, 5.41) is 10.0. The van der Waals surface area contributed by atoms with Gasteiger partial charge in [-0.05, 0) is 45.4 Å². The molecule has 0 bridgehead atoms. The lowest BCUT2D eigenvalue weighted by Crippen LogP contribution is -2.56. The van der Waals surface area contributed by atoms with Crippen LogP contribution in [0.25, 0.3) is 0 Å². The van der Waals surface area contributed by atoms with Gasteiger partial charge in [-0.1, -0.05) is 0 Å². The Kier molecular flexibility index (Phi) is 7.73. The number of likely N-dealkylation sites (tertiary alicyclic amines) is 2. The molecule has 1 aromatic heterocycles. The van der Waals surface area contributed by atoms with Gasteiger partial charge in [0.25, 0.3) is 0 Å². The van der Waals surface area contributed by atoms with Crippen LogP contribution in [0.2, 0.25) is 0 Å². The zero-order valence-corrected chi connectivity index (χ0v) is 16.9. The third-order valence-electron chi connectivity index (χ3n) is 5.19. The third kappa shape index (κ3) is 6.35. The first kappa shape index (κ1) is 24.0. The molecule has 2 saturated heterocycles. The standard InChI is InChI=1S/C17H26FN3O2.C2HF3O2/c1-13(2)19-16(22)21-7-5-15(18)17(12-21)6-8-20(11-17)10-14-4-3-9-23-14;3-2(4,5)1(6)7/h3-4,9,13,15H,5-8,10-12H2,1-2H3,(H,19,22);(H,6,7). The van der Waals surface area contributed by atoms with Crippen LogP contribution in [0.1, 0.15) is 32.4 Å². The second-order valence-corrected chi connectivity index (χ2v) is 7.99. The van der Waals surface area contributed by atoms with Crippen molar-refractivity contribution >= 4 is 12.0 Å². The van der Waals surface area contributed by atoms with E-state index in [4.69, 9.17) is 14.3 Å². The Bertz CT molecular complexity index is 711. The van der Waals surface area contributed by atoms with Gasteiger partial charge in [0.05, 0.1) is 12.8 Å². The van der Waals surface area contributed by atoms with Gasteiger partial charge in [-0.25, -0.2) is 14.0 Å². The van der Waals surface area contributed by atoms with Gasteiger partial charge in [0.2, 0.25) is 0 Å². The number of carboxylic acid groups (broad SMARTS) is 1. The number of hydrogen-bond acceptors (Lipinski definition) is 4. The Labute approximate surface area is 172 Å². The van der Waals surface area contributed by atoms with E-state index in [9.17, 15) is 22.4 Å². The number of carbonyl (C=O) groups excluding carboxylic acids is 1. The fourth-order valence-electron chi connectivity index (χ4n) is 3.77. The number of nitrogens with zero attached hydrogens (tertiary/aromatic N) is 2. The van der Waals surface area contributed by atoms with Crippen LogP contribution in [-0.2, 0) is 11.3 Å². The summed E-state index contributed by atoms with van der Waals surface area (Å²) < 4.78 is 51.8. The number of hydrogen-bond donors (Lipinski definition) is 2. The highest BCUT2D eigenvalue weighted by Gasteiger charge is 2.49. The van der Waals surface area contributed by atoms with E-state index in [0.29, 0.717) is 32.6 Å². The van der Waals surface area contributed by atoms with Gasteiger partial charge in [-0.15, -0.1) is 0 Å². The summed E-state index contributed by atoms with van der Waals surface area (Å²) >= 11 is 0. The molecule has 1 aromatic rings. The van der Waals surface area contributed by atoms with E-state index < -0.39 is 23.7 Å². The van der Waals surface area contributed by atoms with Crippen molar-refractivity contribution in [3.05, 3.63) is 24.2 Å². The number of halogens is 4. The van der Waals surface area contributed by atoms with Crippen LogP contribution >= 0.6 is 0 Å². The van der Waals surface area contributed by atoms with E-state index in [1.807, 2.05) is 26.0 Å². The maximum absolute atomic E-state index is 14.7. The number of carboxylic acids is 1. The minimum Gasteiger partial charge on any atom is -0.475 e. The number of alkyl halides is 4. The van der Waals surface area contributed by atoms with Crippen LogP contribution in [0.5, 0.6) is 0 Å². The molecule has 0 saturated carbocycles. The molecular weight excluding hydrogens is 410 g/mol. The van der Waals surface area contributed by atoms with Gasteiger partial charge < -0.3 is 19.7 Å². The van der Waals surface area contributed by atoms with Crippen LogP contribution in [-0.4, -0.2) is 71.5 Å². The van der Waals surface area contributed by atoms with Crippen molar-refractivity contribution in [1.29, 1.82) is 0 Å². The van der Waals surface area contributed by atoms with Crippen molar-refractivity contribution in [2.45, 2.75) is 51.6 Å². The Morgan fingerprint density at radius 2 is 2.00 bits per heavy atom. The van der Waals surface area contributed by atoms with E-state index in [1.165, 1.54) is 0 Å². The van der Waals surface area contributed by atoms with Crippen molar-refractivity contribution in [1.82, 2.24) is 15.1 Å². The van der Waals surface area contributed by atoms with Crippen molar-refractivity contribution < 1.29 is 36.7 Å². The molecule has 30 heavy (non-hydrogen) atoms. The van der Waals surface area contributed by atoms with E-state index in [2.05, 4.69) is 10.2 Å². The van der Waals surface area contributed by atoms with Crippen molar-refractivity contribution in [3.63, 3.8) is 0 Å². The van der Waals surface area contributed by atoms with Crippen LogP contribution in [0.15, 0.2) is 22.8 Å². The molecule has 0 radical (unpaired) electrons. The fraction of sp³-hybridized carbons (Fsp3) is 0.684. The number of carbonyl (C=O) groups is 2. The second kappa shape index (κ2) is 9.67. The predicted octanol–water partition coefficient (Wildman–Crippen LogP) is 3.27. The SMILES string of the molecule is CC(C)NC(=O)N1CCC(F)C2(CCN(Cc3ccco3)C2)C1.O=C(O)C(F)(F)F. The van der Waals surface area contributed by atoms with Crippen LogP contribution in [0.3, 0.4) is 0 Å². The average Bonchev–Trinajstić information content (AvgIpc) is 3.28. The van der Waals surface area contributed by atoms with E-state index >= 15 is 0 Å². The number of amides is 2. The molecule has 170 valence electrons. The second-order valence-electron chi connectivity index (χ2n) is 7.99. The summed E-state index contributed by atoms with van der Waals surface area (Å²) in [6, 6.07) is 3.84. The average molecular weight is 437 g/mol. The Balaban J connectivity index is 0.000000396. The Morgan fingerprint density at radius 3 is 2.53 bits per heavy atom. The quantitative estimate of drug-likeness (QED) is 0.709. The number of furan rings is 1. The highest BCUT2D eigenvalue weighted by atomic mass is 19.4. The van der Waals surface area contributed by atoms with Gasteiger partial charge in [-0.2, -0.15) is 13.2 Å². The third-order valence-corrected chi connectivity index (χ3v) is 5.19. The topological polar surface area (TPSA) is 86.0 Å². The summed E-state index contributed by atoms with van der Waals surface area (Å²) in [5.74, 6) is -1.85. The molecule has 11 heteroatoms. The van der Waals surface area contributed by atoms with Gasteiger partial charge in [-0.3, -0.25) is 4.90 Å². The molecule has 7 nitrogen and oxygen atoms in total. The van der Waals surface area contributed by atoms with Gasteiger partial charge in [0.15, 0.2) is 0 Å². The zero-order valence-electron chi connectivity index (χ0n) is 16.9. The van der Waals surface area contributed by atoms with Crippen LogP contribution in [0, 0.1) is 5.41 Å². The van der Waals surface area contributed by atoms with Gasteiger partial charge in [0, 0.05) is 31.1 Å². The van der Waals surface area contributed by atoms with E-state index in [1.54, 1.807) is 11.2 Å². The number of piperidine rings is 1. The largest absolute Gasteiger partial charge is 0.490 e.